The molecule has 0 aliphatic heterocycles. The highest BCUT2D eigenvalue weighted by Gasteiger charge is 2.13. The van der Waals surface area contributed by atoms with Gasteiger partial charge in [-0.1, -0.05) is 54.9 Å². The molecule has 0 unspecified atom stereocenters. The number of anilines is 1. The van der Waals surface area contributed by atoms with Gasteiger partial charge in [0.25, 0.3) is 0 Å². The van der Waals surface area contributed by atoms with Crippen molar-refractivity contribution in [1.82, 2.24) is 0 Å². The number of para-hydroxylation sites is 1. The van der Waals surface area contributed by atoms with Gasteiger partial charge in [-0.25, -0.2) is 0 Å². The molecule has 0 fully saturated rings. The number of hydrogen-bond donors (Lipinski definition) is 1. The van der Waals surface area contributed by atoms with Gasteiger partial charge in [-0.05, 0) is 11.6 Å². The lowest BCUT2D eigenvalue weighted by molar-refractivity contribution is 0.0989. The van der Waals surface area contributed by atoms with Gasteiger partial charge in [0, 0.05) is 17.5 Å². The lowest BCUT2D eigenvalue weighted by atomic mass is 9.95. The van der Waals surface area contributed by atoms with Crippen LogP contribution >= 0.6 is 11.6 Å². The van der Waals surface area contributed by atoms with E-state index < -0.39 is 0 Å². The number of rotatable bonds is 3. The van der Waals surface area contributed by atoms with Crippen LogP contribution in [0.1, 0.15) is 23.7 Å². The van der Waals surface area contributed by atoms with E-state index in [2.05, 4.69) is 0 Å². The van der Waals surface area contributed by atoms with E-state index in [0.29, 0.717) is 22.7 Å². The van der Waals surface area contributed by atoms with Gasteiger partial charge in [0.15, 0.2) is 5.78 Å². The molecule has 0 bridgehead atoms. The molecule has 0 heterocycles. The second-order valence-corrected chi connectivity index (χ2v) is 4.43. The Kier molecular flexibility index (Phi) is 3.68. The zero-order chi connectivity index (χ0) is 13.1. The quantitative estimate of drug-likeness (QED) is 0.664. The van der Waals surface area contributed by atoms with E-state index in [1.165, 1.54) is 0 Å². The van der Waals surface area contributed by atoms with E-state index in [9.17, 15) is 4.79 Å². The van der Waals surface area contributed by atoms with Crippen LogP contribution in [0.25, 0.3) is 11.1 Å². The number of nitrogen functional groups attached to an aromatic ring is 1. The number of Topliss-reactive ketones (excluding diaryl/α,β-unsaturated/α-hetero) is 1. The molecular weight excluding hydrogens is 246 g/mol. The van der Waals surface area contributed by atoms with E-state index in [1.807, 2.05) is 43.3 Å². The number of nitrogens with two attached hydrogens (primary N) is 1. The number of carbonyl (C=O) groups excluding carboxylic acids is 1. The first-order valence-corrected chi connectivity index (χ1v) is 6.19. The van der Waals surface area contributed by atoms with Crippen molar-refractivity contribution < 1.29 is 4.79 Å². The Balaban J connectivity index is 2.64. The first kappa shape index (κ1) is 12.7. The van der Waals surface area contributed by atoms with E-state index in [-0.39, 0.29) is 5.78 Å². The van der Waals surface area contributed by atoms with Crippen LogP contribution < -0.4 is 5.73 Å². The van der Waals surface area contributed by atoms with Gasteiger partial charge in [0.05, 0.1) is 10.7 Å². The van der Waals surface area contributed by atoms with E-state index in [0.717, 1.165) is 11.1 Å². The molecule has 0 radical (unpaired) electrons. The minimum Gasteiger partial charge on any atom is -0.397 e. The van der Waals surface area contributed by atoms with E-state index >= 15 is 0 Å². The van der Waals surface area contributed by atoms with Crippen molar-refractivity contribution >= 4 is 23.1 Å². The summed E-state index contributed by atoms with van der Waals surface area (Å²) in [6.45, 7) is 1.85. The highest BCUT2D eigenvalue weighted by Crippen LogP contribution is 2.33. The van der Waals surface area contributed by atoms with Crippen LogP contribution in [0.3, 0.4) is 0 Å². The number of hydrogen-bond acceptors (Lipinski definition) is 2. The summed E-state index contributed by atoms with van der Waals surface area (Å²) in [5.74, 6) is 0.102. The molecule has 0 amide bonds. The first-order valence-electron chi connectivity index (χ1n) is 5.81. The minimum absolute atomic E-state index is 0.102. The molecule has 0 saturated heterocycles. The van der Waals surface area contributed by atoms with Crippen LogP contribution in [0, 0.1) is 0 Å². The Morgan fingerprint density at radius 1 is 1.11 bits per heavy atom. The van der Waals surface area contributed by atoms with Crippen molar-refractivity contribution in [2.45, 2.75) is 13.3 Å². The highest BCUT2D eigenvalue weighted by molar-refractivity contribution is 6.33. The van der Waals surface area contributed by atoms with Crippen molar-refractivity contribution in [3.05, 3.63) is 53.1 Å². The maximum absolute atomic E-state index is 11.9. The molecule has 2 N–H and O–H groups in total. The fourth-order valence-corrected chi connectivity index (χ4v) is 2.10. The Morgan fingerprint density at radius 2 is 1.78 bits per heavy atom. The summed E-state index contributed by atoms with van der Waals surface area (Å²) in [6.07, 6.45) is 0.470. The molecule has 0 saturated carbocycles. The van der Waals surface area contributed by atoms with Gasteiger partial charge in [-0.2, -0.15) is 0 Å². The van der Waals surface area contributed by atoms with Crippen molar-refractivity contribution in [2.24, 2.45) is 0 Å². The fraction of sp³-hybridized carbons (Fsp3) is 0.133. The maximum atomic E-state index is 11.9. The lowest BCUT2D eigenvalue weighted by Crippen LogP contribution is -2.01. The van der Waals surface area contributed by atoms with Crippen LogP contribution in [0.4, 0.5) is 5.69 Å². The summed E-state index contributed by atoms with van der Waals surface area (Å²) in [6, 6.07) is 12.9. The molecule has 0 aromatic heterocycles. The molecule has 0 aliphatic rings. The van der Waals surface area contributed by atoms with Gasteiger partial charge in [0.2, 0.25) is 0 Å². The van der Waals surface area contributed by atoms with Crippen molar-refractivity contribution in [2.75, 3.05) is 5.73 Å². The van der Waals surface area contributed by atoms with E-state index in [4.69, 9.17) is 17.3 Å². The molecule has 3 heteroatoms. The summed E-state index contributed by atoms with van der Waals surface area (Å²) < 4.78 is 0. The summed E-state index contributed by atoms with van der Waals surface area (Å²) in [4.78, 5) is 11.9. The number of ketones is 1. The van der Waals surface area contributed by atoms with Gasteiger partial charge < -0.3 is 5.73 Å². The fourth-order valence-electron chi connectivity index (χ4n) is 1.92. The number of benzene rings is 2. The predicted molar refractivity (Wildman–Crippen MR) is 75.9 cm³/mol. The third-order valence-electron chi connectivity index (χ3n) is 2.89. The molecule has 0 spiro atoms. The standard InChI is InChI=1S/C15H14ClNO/c1-2-14(18)11-7-4-3-6-10(11)12-8-5-9-13(16)15(12)17/h3-9H,2,17H2,1H3. The van der Waals surface area contributed by atoms with Gasteiger partial charge in [0.1, 0.15) is 0 Å². The summed E-state index contributed by atoms with van der Waals surface area (Å²) >= 11 is 6.02. The van der Waals surface area contributed by atoms with Gasteiger partial charge in [-0.3, -0.25) is 4.79 Å². The molecule has 18 heavy (non-hydrogen) atoms. The minimum atomic E-state index is 0.102. The van der Waals surface area contributed by atoms with Crippen molar-refractivity contribution in [3.8, 4) is 11.1 Å². The molecular formula is C15H14ClNO. The van der Waals surface area contributed by atoms with Crippen molar-refractivity contribution in [3.63, 3.8) is 0 Å². The Morgan fingerprint density at radius 3 is 2.50 bits per heavy atom. The van der Waals surface area contributed by atoms with Crippen molar-refractivity contribution in [1.29, 1.82) is 0 Å². The largest absolute Gasteiger partial charge is 0.397 e. The van der Waals surface area contributed by atoms with Gasteiger partial charge >= 0.3 is 0 Å². The van der Waals surface area contributed by atoms with Crippen LogP contribution in [0.2, 0.25) is 5.02 Å². The van der Waals surface area contributed by atoms with Crippen LogP contribution in [-0.4, -0.2) is 5.78 Å². The van der Waals surface area contributed by atoms with Crippen LogP contribution in [0.5, 0.6) is 0 Å². The third kappa shape index (κ3) is 2.24. The van der Waals surface area contributed by atoms with Gasteiger partial charge in [-0.15, -0.1) is 0 Å². The topological polar surface area (TPSA) is 43.1 Å². The monoisotopic (exact) mass is 259 g/mol. The molecule has 2 aromatic rings. The zero-order valence-corrected chi connectivity index (χ0v) is 10.9. The average molecular weight is 260 g/mol. The second-order valence-electron chi connectivity index (χ2n) is 4.02. The Hall–Kier alpha value is -1.80. The molecule has 92 valence electrons. The molecule has 2 nitrogen and oxygen atoms in total. The SMILES string of the molecule is CCC(=O)c1ccccc1-c1cccc(Cl)c1N. The number of halogens is 1. The smallest absolute Gasteiger partial charge is 0.163 e. The molecule has 0 atom stereocenters. The lowest BCUT2D eigenvalue weighted by Gasteiger charge is -2.11. The van der Waals surface area contributed by atoms with Crippen LogP contribution in [-0.2, 0) is 0 Å². The van der Waals surface area contributed by atoms with Crippen LogP contribution in [0.15, 0.2) is 42.5 Å². The zero-order valence-electron chi connectivity index (χ0n) is 10.1. The molecule has 0 aliphatic carbocycles. The highest BCUT2D eigenvalue weighted by atomic mass is 35.5. The summed E-state index contributed by atoms with van der Waals surface area (Å²) in [5, 5.41) is 0.506. The summed E-state index contributed by atoms with van der Waals surface area (Å²) in [7, 11) is 0. The second kappa shape index (κ2) is 5.23. The third-order valence-corrected chi connectivity index (χ3v) is 3.22. The number of carbonyl (C=O) groups is 1. The summed E-state index contributed by atoms with van der Waals surface area (Å²) in [5.41, 5.74) is 8.82. The Bertz CT molecular complexity index is 593. The predicted octanol–water partition coefficient (Wildman–Crippen LogP) is 4.18. The maximum Gasteiger partial charge on any atom is 0.163 e. The normalized spacial score (nSPS) is 10.3. The molecule has 2 rings (SSSR count). The Labute approximate surface area is 111 Å². The van der Waals surface area contributed by atoms with E-state index in [1.54, 1.807) is 6.07 Å². The molecule has 2 aromatic carbocycles. The first-order chi connectivity index (χ1) is 8.65. The average Bonchev–Trinajstić information content (AvgIpc) is 2.41.